The van der Waals surface area contributed by atoms with Crippen LogP contribution in [-0.2, 0) is 11.3 Å². The third-order valence-electron chi connectivity index (χ3n) is 3.00. The van der Waals surface area contributed by atoms with Crippen molar-refractivity contribution in [2.75, 3.05) is 6.61 Å². The van der Waals surface area contributed by atoms with Crippen molar-refractivity contribution in [3.63, 3.8) is 0 Å². The number of aromatic nitrogens is 1. The van der Waals surface area contributed by atoms with Crippen LogP contribution in [0.4, 0.5) is 0 Å². The van der Waals surface area contributed by atoms with Gasteiger partial charge in [-0.05, 0) is 38.8 Å². The summed E-state index contributed by atoms with van der Waals surface area (Å²) in [6.07, 6.45) is 2.60. The van der Waals surface area contributed by atoms with Gasteiger partial charge in [-0.3, -0.25) is 4.98 Å². The van der Waals surface area contributed by atoms with E-state index >= 15 is 0 Å². The van der Waals surface area contributed by atoms with Crippen molar-refractivity contribution in [1.29, 1.82) is 0 Å². The van der Waals surface area contributed by atoms with Gasteiger partial charge in [-0.15, -0.1) is 0 Å². The first-order chi connectivity index (χ1) is 7.74. The Morgan fingerprint density at radius 3 is 3.12 bits per heavy atom. The van der Waals surface area contributed by atoms with Crippen LogP contribution in [-0.4, -0.2) is 23.7 Å². The van der Waals surface area contributed by atoms with Crippen LogP contribution in [0, 0.1) is 6.92 Å². The number of nitrogens with zero attached hydrogens (tertiary/aromatic N) is 1. The lowest BCUT2D eigenvalue weighted by atomic mass is 10.0. The molecular formula is C13H20N2O. The van der Waals surface area contributed by atoms with Crippen LogP contribution in [0.3, 0.4) is 0 Å². The minimum absolute atomic E-state index is 0.386. The molecule has 3 nitrogen and oxygen atoms in total. The van der Waals surface area contributed by atoms with Crippen molar-refractivity contribution >= 4 is 0 Å². The molecule has 1 N–H and O–H groups in total. The van der Waals surface area contributed by atoms with Gasteiger partial charge in [0.1, 0.15) is 0 Å². The first kappa shape index (κ1) is 11.6. The molecule has 88 valence electrons. The Labute approximate surface area is 97.2 Å². The van der Waals surface area contributed by atoms with Gasteiger partial charge in [-0.1, -0.05) is 6.07 Å². The summed E-state index contributed by atoms with van der Waals surface area (Å²) in [6.45, 7) is 5.90. The molecule has 0 amide bonds. The molecule has 1 aliphatic rings. The van der Waals surface area contributed by atoms with E-state index < -0.39 is 0 Å². The van der Waals surface area contributed by atoms with E-state index in [0.717, 1.165) is 37.4 Å². The number of nitrogens with one attached hydrogen (secondary N) is 1. The maximum atomic E-state index is 5.52. The van der Waals surface area contributed by atoms with Crippen LogP contribution in [0.15, 0.2) is 18.2 Å². The standard InChI is InChI=1S/C13H20N2O/c1-10-4-3-5-13(15-10)9-14-12-6-7-16-11(2)8-12/h3-5,11-12,14H,6-9H2,1-2H3. The molecule has 1 saturated heterocycles. The molecule has 3 heteroatoms. The molecule has 0 radical (unpaired) electrons. The molecule has 2 atom stereocenters. The number of rotatable bonds is 3. The third-order valence-corrected chi connectivity index (χ3v) is 3.00. The van der Waals surface area contributed by atoms with Crippen LogP contribution in [0.25, 0.3) is 0 Å². The van der Waals surface area contributed by atoms with Crippen molar-refractivity contribution < 1.29 is 4.74 Å². The van der Waals surface area contributed by atoms with E-state index in [9.17, 15) is 0 Å². The van der Waals surface area contributed by atoms with Crippen LogP contribution in [0.2, 0.25) is 0 Å². The number of ether oxygens (including phenoxy) is 1. The van der Waals surface area contributed by atoms with Gasteiger partial charge < -0.3 is 10.1 Å². The first-order valence-electron chi connectivity index (χ1n) is 6.01. The van der Waals surface area contributed by atoms with Crippen LogP contribution >= 0.6 is 0 Å². The summed E-state index contributed by atoms with van der Waals surface area (Å²) in [4.78, 5) is 4.48. The lowest BCUT2D eigenvalue weighted by molar-refractivity contribution is 0.0130. The van der Waals surface area contributed by atoms with E-state index in [0.29, 0.717) is 12.1 Å². The smallest absolute Gasteiger partial charge is 0.0561 e. The topological polar surface area (TPSA) is 34.1 Å². The van der Waals surface area contributed by atoms with E-state index in [-0.39, 0.29) is 0 Å². The molecule has 0 bridgehead atoms. The minimum atomic E-state index is 0.386. The summed E-state index contributed by atoms with van der Waals surface area (Å²) in [6, 6.07) is 6.74. The Kier molecular flexibility index (Phi) is 3.91. The van der Waals surface area contributed by atoms with Gasteiger partial charge in [-0.2, -0.15) is 0 Å². The molecule has 0 spiro atoms. The normalized spacial score (nSPS) is 25.6. The summed E-state index contributed by atoms with van der Waals surface area (Å²) in [5.41, 5.74) is 2.21. The van der Waals surface area contributed by atoms with E-state index in [1.165, 1.54) is 0 Å². The minimum Gasteiger partial charge on any atom is -0.378 e. The SMILES string of the molecule is Cc1cccc(CNC2CCOC(C)C2)n1. The van der Waals surface area contributed by atoms with Crippen molar-refractivity contribution in [2.45, 2.75) is 45.4 Å². The molecule has 2 unspecified atom stereocenters. The number of hydrogen-bond donors (Lipinski definition) is 1. The zero-order valence-corrected chi connectivity index (χ0v) is 10.1. The van der Waals surface area contributed by atoms with Crippen molar-refractivity contribution in [3.8, 4) is 0 Å². The summed E-state index contributed by atoms with van der Waals surface area (Å²) in [5, 5.41) is 3.55. The Hall–Kier alpha value is -0.930. The third kappa shape index (κ3) is 3.29. The van der Waals surface area contributed by atoms with Crippen LogP contribution in [0.5, 0.6) is 0 Å². The molecule has 1 aromatic rings. The van der Waals surface area contributed by atoms with Crippen molar-refractivity contribution in [2.24, 2.45) is 0 Å². The van der Waals surface area contributed by atoms with Gasteiger partial charge in [-0.25, -0.2) is 0 Å². The van der Waals surface area contributed by atoms with Gasteiger partial charge in [0.25, 0.3) is 0 Å². The van der Waals surface area contributed by atoms with Crippen LogP contribution < -0.4 is 5.32 Å². The zero-order valence-electron chi connectivity index (χ0n) is 10.1. The quantitative estimate of drug-likeness (QED) is 0.846. The molecule has 16 heavy (non-hydrogen) atoms. The Morgan fingerprint density at radius 1 is 1.50 bits per heavy atom. The van der Waals surface area contributed by atoms with Gasteiger partial charge in [0.15, 0.2) is 0 Å². The van der Waals surface area contributed by atoms with E-state index in [2.05, 4.69) is 29.4 Å². The molecule has 2 heterocycles. The van der Waals surface area contributed by atoms with Crippen LogP contribution in [0.1, 0.15) is 31.2 Å². The molecule has 0 aliphatic carbocycles. The number of aryl methyl sites for hydroxylation is 1. The predicted molar refractivity (Wildman–Crippen MR) is 64.2 cm³/mol. The second-order valence-electron chi connectivity index (χ2n) is 4.55. The molecule has 0 saturated carbocycles. The largest absolute Gasteiger partial charge is 0.378 e. The van der Waals surface area contributed by atoms with Gasteiger partial charge in [0.2, 0.25) is 0 Å². The molecular weight excluding hydrogens is 200 g/mol. The van der Waals surface area contributed by atoms with E-state index in [1.54, 1.807) is 0 Å². The number of pyridine rings is 1. The molecule has 0 aromatic carbocycles. The van der Waals surface area contributed by atoms with E-state index in [1.807, 2.05) is 13.0 Å². The van der Waals surface area contributed by atoms with Crippen molar-refractivity contribution in [1.82, 2.24) is 10.3 Å². The Bertz CT molecular complexity index is 340. The Morgan fingerprint density at radius 2 is 2.38 bits per heavy atom. The maximum absolute atomic E-state index is 5.52. The highest BCUT2D eigenvalue weighted by Crippen LogP contribution is 2.13. The Balaban J connectivity index is 1.82. The van der Waals surface area contributed by atoms with Gasteiger partial charge in [0, 0.05) is 24.9 Å². The molecule has 1 aromatic heterocycles. The predicted octanol–water partition coefficient (Wildman–Crippen LogP) is 2.05. The maximum Gasteiger partial charge on any atom is 0.0561 e. The fourth-order valence-corrected chi connectivity index (χ4v) is 2.13. The van der Waals surface area contributed by atoms with Gasteiger partial charge >= 0.3 is 0 Å². The summed E-state index contributed by atoms with van der Waals surface area (Å²) < 4.78 is 5.52. The second kappa shape index (κ2) is 5.41. The average molecular weight is 220 g/mol. The van der Waals surface area contributed by atoms with Gasteiger partial charge in [0.05, 0.1) is 11.8 Å². The summed E-state index contributed by atoms with van der Waals surface area (Å²) >= 11 is 0. The lowest BCUT2D eigenvalue weighted by Crippen LogP contribution is -2.37. The highest BCUT2D eigenvalue weighted by Gasteiger charge is 2.18. The number of hydrogen-bond acceptors (Lipinski definition) is 3. The van der Waals surface area contributed by atoms with Crippen molar-refractivity contribution in [3.05, 3.63) is 29.6 Å². The highest BCUT2D eigenvalue weighted by atomic mass is 16.5. The fraction of sp³-hybridized carbons (Fsp3) is 0.615. The monoisotopic (exact) mass is 220 g/mol. The highest BCUT2D eigenvalue weighted by molar-refractivity contribution is 5.09. The van der Waals surface area contributed by atoms with E-state index in [4.69, 9.17) is 4.74 Å². The lowest BCUT2D eigenvalue weighted by Gasteiger charge is -2.28. The zero-order chi connectivity index (χ0) is 11.4. The molecule has 1 fully saturated rings. The fourth-order valence-electron chi connectivity index (χ4n) is 2.13. The molecule has 1 aliphatic heterocycles. The second-order valence-corrected chi connectivity index (χ2v) is 4.55. The average Bonchev–Trinajstić information content (AvgIpc) is 2.27. The summed E-state index contributed by atoms with van der Waals surface area (Å²) in [5.74, 6) is 0. The first-order valence-corrected chi connectivity index (χ1v) is 6.01. The molecule has 2 rings (SSSR count). The summed E-state index contributed by atoms with van der Waals surface area (Å²) in [7, 11) is 0.